The standard InChI is InChI=1S/C11H18ClN5O2/c1-2-5-19-6-3-4-15-11(18)7-9(13)17-10(14)8(12)16-7/h2-6H2,1H3,(H,15,18)(H4,13,14,17). The molecular formula is C11H18ClN5O2. The highest BCUT2D eigenvalue weighted by molar-refractivity contribution is 6.31. The maximum Gasteiger partial charge on any atom is 0.273 e. The van der Waals surface area contributed by atoms with Gasteiger partial charge in [0, 0.05) is 19.8 Å². The van der Waals surface area contributed by atoms with Gasteiger partial charge in [0.1, 0.15) is 0 Å². The lowest BCUT2D eigenvalue weighted by Crippen LogP contribution is -2.27. The minimum Gasteiger partial charge on any atom is -0.382 e. The molecule has 1 aromatic heterocycles. The summed E-state index contributed by atoms with van der Waals surface area (Å²) in [4.78, 5) is 19.3. The van der Waals surface area contributed by atoms with Gasteiger partial charge in [-0.25, -0.2) is 9.97 Å². The van der Waals surface area contributed by atoms with Gasteiger partial charge >= 0.3 is 0 Å². The average molecular weight is 288 g/mol. The van der Waals surface area contributed by atoms with Crippen molar-refractivity contribution >= 4 is 29.1 Å². The van der Waals surface area contributed by atoms with Gasteiger partial charge in [-0.05, 0) is 12.8 Å². The highest BCUT2D eigenvalue weighted by atomic mass is 35.5. The normalized spacial score (nSPS) is 10.4. The van der Waals surface area contributed by atoms with Crippen molar-refractivity contribution in [2.45, 2.75) is 19.8 Å². The Morgan fingerprint density at radius 2 is 2.05 bits per heavy atom. The van der Waals surface area contributed by atoms with Crippen molar-refractivity contribution in [2.24, 2.45) is 0 Å². The van der Waals surface area contributed by atoms with E-state index in [1.54, 1.807) is 0 Å². The van der Waals surface area contributed by atoms with E-state index >= 15 is 0 Å². The first-order chi connectivity index (χ1) is 9.06. The molecular weight excluding hydrogens is 270 g/mol. The molecule has 0 saturated carbocycles. The van der Waals surface area contributed by atoms with Crippen LogP contribution in [0.15, 0.2) is 0 Å². The Bertz CT molecular complexity index is 441. The number of carbonyl (C=O) groups excluding carboxylic acids is 1. The average Bonchev–Trinajstić information content (AvgIpc) is 2.37. The number of ether oxygens (including phenoxy) is 1. The second-order valence-electron chi connectivity index (χ2n) is 3.86. The summed E-state index contributed by atoms with van der Waals surface area (Å²) in [5, 5.41) is 2.63. The molecule has 0 spiro atoms. The fraction of sp³-hybridized carbons (Fsp3) is 0.545. The molecule has 0 aliphatic heterocycles. The van der Waals surface area contributed by atoms with Crippen LogP contribution in [0.2, 0.25) is 5.15 Å². The van der Waals surface area contributed by atoms with E-state index in [9.17, 15) is 4.79 Å². The smallest absolute Gasteiger partial charge is 0.273 e. The Balaban J connectivity index is 2.43. The van der Waals surface area contributed by atoms with E-state index in [-0.39, 0.29) is 22.5 Å². The lowest BCUT2D eigenvalue weighted by atomic mass is 10.3. The van der Waals surface area contributed by atoms with Gasteiger partial charge in [-0.3, -0.25) is 4.79 Å². The third-order valence-corrected chi connectivity index (χ3v) is 2.50. The van der Waals surface area contributed by atoms with E-state index in [2.05, 4.69) is 15.3 Å². The van der Waals surface area contributed by atoms with Gasteiger partial charge in [-0.1, -0.05) is 18.5 Å². The molecule has 0 aliphatic rings. The van der Waals surface area contributed by atoms with Crippen LogP contribution in [0.1, 0.15) is 30.3 Å². The monoisotopic (exact) mass is 287 g/mol. The number of carbonyl (C=O) groups is 1. The van der Waals surface area contributed by atoms with Crippen molar-refractivity contribution in [3.8, 4) is 0 Å². The fourth-order valence-electron chi connectivity index (χ4n) is 1.31. The Labute approximate surface area is 116 Å². The van der Waals surface area contributed by atoms with E-state index < -0.39 is 5.91 Å². The molecule has 0 aromatic carbocycles. The van der Waals surface area contributed by atoms with E-state index in [1.807, 2.05) is 6.92 Å². The number of anilines is 2. The predicted octanol–water partition coefficient (Wildman–Crippen LogP) is 0.841. The van der Waals surface area contributed by atoms with Gasteiger partial charge in [-0.15, -0.1) is 0 Å². The second-order valence-corrected chi connectivity index (χ2v) is 4.21. The van der Waals surface area contributed by atoms with Crippen molar-refractivity contribution in [3.05, 3.63) is 10.8 Å². The fourth-order valence-corrected chi connectivity index (χ4v) is 1.44. The Hall–Kier alpha value is -1.60. The van der Waals surface area contributed by atoms with Crippen molar-refractivity contribution in [3.63, 3.8) is 0 Å². The van der Waals surface area contributed by atoms with Crippen LogP contribution in [0.5, 0.6) is 0 Å². The molecule has 8 heteroatoms. The summed E-state index contributed by atoms with van der Waals surface area (Å²) < 4.78 is 5.29. The summed E-state index contributed by atoms with van der Waals surface area (Å²) in [5.74, 6) is -0.465. The largest absolute Gasteiger partial charge is 0.382 e. The van der Waals surface area contributed by atoms with Crippen LogP contribution in [0, 0.1) is 0 Å². The second kappa shape index (κ2) is 7.75. The van der Waals surface area contributed by atoms with E-state index in [4.69, 9.17) is 27.8 Å². The van der Waals surface area contributed by atoms with Crippen molar-refractivity contribution in [1.82, 2.24) is 15.3 Å². The van der Waals surface area contributed by atoms with Gasteiger partial charge in [0.25, 0.3) is 5.91 Å². The van der Waals surface area contributed by atoms with Crippen LogP contribution in [0.4, 0.5) is 11.6 Å². The molecule has 0 aliphatic carbocycles. The summed E-state index contributed by atoms with van der Waals surface area (Å²) in [7, 11) is 0. The van der Waals surface area contributed by atoms with E-state index in [1.165, 1.54) is 0 Å². The summed E-state index contributed by atoms with van der Waals surface area (Å²) in [6, 6.07) is 0. The van der Waals surface area contributed by atoms with Crippen LogP contribution in [-0.4, -0.2) is 35.6 Å². The molecule has 0 saturated heterocycles. The Morgan fingerprint density at radius 1 is 1.32 bits per heavy atom. The highest BCUT2D eigenvalue weighted by Gasteiger charge is 2.15. The molecule has 1 rings (SSSR count). The van der Waals surface area contributed by atoms with Crippen molar-refractivity contribution in [2.75, 3.05) is 31.2 Å². The number of nitrogens with two attached hydrogens (primary N) is 2. The van der Waals surface area contributed by atoms with Gasteiger partial charge in [0.05, 0.1) is 0 Å². The molecule has 106 valence electrons. The molecule has 0 unspecified atom stereocenters. The molecule has 19 heavy (non-hydrogen) atoms. The zero-order valence-corrected chi connectivity index (χ0v) is 11.5. The van der Waals surface area contributed by atoms with Gasteiger partial charge in [0.15, 0.2) is 22.5 Å². The van der Waals surface area contributed by atoms with Gasteiger partial charge in [-0.2, -0.15) is 0 Å². The summed E-state index contributed by atoms with van der Waals surface area (Å²) in [5.41, 5.74) is 11.0. The summed E-state index contributed by atoms with van der Waals surface area (Å²) in [6.07, 6.45) is 1.68. The number of nitrogens with one attached hydrogen (secondary N) is 1. The Kier molecular flexibility index (Phi) is 6.31. The van der Waals surface area contributed by atoms with Crippen LogP contribution < -0.4 is 16.8 Å². The van der Waals surface area contributed by atoms with Crippen LogP contribution in [0.3, 0.4) is 0 Å². The molecule has 0 atom stereocenters. The minimum absolute atomic E-state index is 0.00341. The SMILES string of the molecule is CCCOCCCNC(=O)c1nc(Cl)c(N)nc1N. The summed E-state index contributed by atoms with van der Waals surface area (Å²) >= 11 is 5.69. The lowest BCUT2D eigenvalue weighted by molar-refractivity contribution is 0.0937. The number of halogens is 1. The number of aromatic nitrogens is 2. The zero-order chi connectivity index (χ0) is 14.3. The predicted molar refractivity (Wildman–Crippen MR) is 73.9 cm³/mol. The van der Waals surface area contributed by atoms with E-state index in [0.717, 1.165) is 13.0 Å². The van der Waals surface area contributed by atoms with Crippen LogP contribution in [0.25, 0.3) is 0 Å². The van der Waals surface area contributed by atoms with Gasteiger partial charge < -0.3 is 21.5 Å². The molecule has 0 fully saturated rings. The van der Waals surface area contributed by atoms with Gasteiger partial charge in [0.2, 0.25) is 0 Å². The molecule has 0 radical (unpaired) electrons. The molecule has 0 bridgehead atoms. The number of hydrogen-bond donors (Lipinski definition) is 3. The van der Waals surface area contributed by atoms with E-state index in [0.29, 0.717) is 19.6 Å². The molecule has 1 heterocycles. The molecule has 1 amide bonds. The molecule has 7 nitrogen and oxygen atoms in total. The maximum absolute atomic E-state index is 11.8. The minimum atomic E-state index is -0.428. The number of nitrogens with zero attached hydrogens (tertiary/aromatic N) is 2. The topological polar surface area (TPSA) is 116 Å². The molecule has 1 aromatic rings. The third kappa shape index (κ3) is 4.88. The van der Waals surface area contributed by atoms with Crippen LogP contribution in [-0.2, 0) is 4.74 Å². The first-order valence-electron chi connectivity index (χ1n) is 6.00. The highest BCUT2D eigenvalue weighted by Crippen LogP contribution is 2.16. The zero-order valence-electron chi connectivity index (χ0n) is 10.8. The first-order valence-corrected chi connectivity index (χ1v) is 6.38. The lowest BCUT2D eigenvalue weighted by Gasteiger charge is -2.07. The number of rotatable bonds is 7. The Morgan fingerprint density at radius 3 is 2.74 bits per heavy atom. The van der Waals surface area contributed by atoms with Crippen LogP contribution >= 0.6 is 11.6 Å². The molecule has 5 N–H and O–H groups in total. The number of hydrogen-bond acceptors (Lipinski definition) is 6. The number of amides is 1. The number of nitrogen functional groups attached to an aromatic ring is 2. The third-order valence-electron chi connectivity index (χ3n) is 2.22. The quantitative estimate of drug-likeness (QED) is 0.640. The van der Waals surface area contributed by atoms with Crippen molar-refractivity contribution < 1.29 is 9.53 Å². The maximum atomic E-state index is 11.8. The first kappa shape index (κ1) is 15.5. The van der Waals surface area contributed by atoms with Crippen molar-refractivity contribution in [1.29, 1.82) is 0 Å². The summed E-state index contributed by atoms with van der Waals surface area (Å²) in [6.45, 7) is 3.82.